The first-order valence-corrected chi connectivity index (χ1v) is 11.3. The predicted octanol–water partition coefficient (Wildman–Crippen LogP) is 3.14. The number of H-pyrrole nitrogens is 1. The van der Waals surface area contributed by atoms with Gasteiger partial charge in [0.1, 0.15) is 10.7 Å². The molecule has 0 aliphatic heterocycles. The average molecular weight is 481 g/mol. The maximum Gasteiger partial charge on any atom is 0.267 e. The fourth-order valence-electron chi connectivity index (χ4n) is 3.49. The van der Waals surface area contributed by atoms with Crippen LogP contribution in [0.4, 0.5) is 5.95 Å². The molecule has 0 bridgehead atoms. The van der Waals surface area contributed by atoms with Crippen LogP contribution in [0.15, 0.2) is 99.1 Å². The fourth-order valence-corrected chi connectivity index (χ4v) is 4.36. The van der Waals surface area contributed by atoms with Gasteiger partial charge in [0.25, 0.3) is 5.56 Å². The minimum Gasteiger partial charge on any atom is -0.323 e. The van der Waals surface area contributed by atoms with Crippen LogP contribution in [0.1, 0.15) is 5.56 Å². The minimum absolute atomic E-state index is 0.271. The zero-order valence-corrected chi connectivity index (χ0v) is 18.8. The molecule has 0 aliphatic rings. The van der Waals surface area contributed by atoms with Gasteiger partial charge in [-0.15, -0.1) is 5.10 Å². The van der Waals surface area contributed by atoms with Gasteiger partial charge < -0.3 is 4.98 Å². The molecule has 11 nitrogen and oxygen atoms in total. The number of pyridine rings is 1. The number of hydrazone groups is 1. The molecule has 0 radical (unpaired) electrons. The number of aromatic nitrogens is 8. The Labute approximate surface area is 201 Å². The van der Waals surface area contributed by atoms with Gasteiger partial charge in [0, 0.05) is 6.20 Å². The van der Waals surface area contributed by atoms with E-state index >= 15 is 0 Å². The third-order valence-electron chi connectivity index (χ3n) is 5.12. The standard InChI is InChI=1S/C23H16N10OS/c34-21-16(14-24-28-22-25-17-10-4-5-11-18(17)26-22)20(27-19-12-6-7-13-32(19)21)35-23-29-30-31-33(23)15-8-2-1-3-9-15/h1-14H,(H2,25,26,28)/b24-14+. The number of imidazole rings is 1. The van der Waals surface area contributed by atoms with Gasteiger partial charge in [-0.25, -0.2) is 15.4 Å². The monoisotopic (exact) mass is 480 g/mol. The van der Waals surface area contributed by atoms with E-state index in [2.05, 4.69) is 41.0 Å². The lowest BCUT2D eigenvalue weighted by atomic mass is 10.3. The number of nitrogens with zero attached hydrogens (tertiary/aromatic N) is 8. The maximum atomic E-state index is 13.3. The van der Waals surface area contributed by atoms with Crippen molar-refractivity contribution in [3.63, 3.8) is 0 Å². The van der Waals surface area contributed by atoms with Gasteiger partial charge in [-0.2, -0.15) is 9.78 Å². The molecule has 0 saturated carbocycles. The van der Waals surface area contributed by atoms with Gasteiger partial charge in [0.2, 0.25) is 11.1 Å². The van der Waals surface area contributed by atoms with Crippen LogP contribution in [0, 0.1) is 0 Å². The van der Waals surface area contributed by atoms with E-state index in [9.17, 15) is 4.79 Å². The highest BCUT2D eigenvalue weighted by atomic mass is 32.2. The molecule has 0 fully saturated rings. The van der Waals surface area contributed by atoms with Crippen LogP contribution in [0.25, 0.3) is 22.4 Å². The maximum absolute atomic E-state index is 13.3. The Kier molecular flexibility index (Phi) is 5.24. The average Bonchev–Trinajstić information content (AvgIpc) is 3.53. The molecule has 0 spiro atoms. The normalized spacial score (nSPS) is 11.5. The number of para-hydroxylation sites is 3. The zero-order chi connectivity index (χ0) is 23.6. The molecule has 0 aliphatic carbocycles. The number of anilines is 1. The lowest BCUT2D eigenvalue weighted by molar-refractivity contribution is 0.755. The third-order valence-corrected chi connectivity index (χ3v) is 6.06. The zero-order valence-electron chi connectivity index (χ0n) is 18.0. The third kappa shape index (κ3) is 4.02. The molecule has 12 heteroatoms. The first-order chi connectivity index (χ1) is 17.3. The van der Waals surface area contributed by atoms with Gasteiger partial charge in [0.15, 0.2) is 0 Å². The van der Waals surface area contributed by atoms with Crippen molar-refractivity contribution in [2.45, 2.75) is 10.2 Å². The van der Waals surface area contributed by atoms with Crippen molar-refractivity contribution >= 4 is 40.6 Å². The molecular formula is C23H16N10OS. The van der Waals surface area contributed by atoms with Crippen molar-refractivity contribution < 1.29 is 0 Å². The number of rotatable bonds is 6. The molecule has 0 saturated heterocycles. The molecule has 2 aromatic carbocycles. The number of aromatic amines is 1. The van der Waals surface area contributed by atoms with Gasteiger partial charge in [-0.1, -0.05) is 36.4 Å². The molecule has 0 unspecified atom stereocenters. The molecule has 0 amide bonds. The number of benzene rings is 2. The van der Waals surface area contributed by atoms with E-state index in [0.29, 0.717) is 21.8 Å². The van der Waals surface area contributed by atoms with Gasteiger partial charge in [-0.3, -0.25) is 9.20 Å². The van der Waals surface area contributed by atoms with Crippen LogP contribution in [0.2, 0.25) is 0 Å². The van der Waals surface area contributed by atoms with Crippen LogP contribution >= 0.6 is 11.8 Å². The Balaban J connectivity index is 1.38. The molecule has 4 aromatic heterocycles. The first-order valence-electron chi connectivity index (χ1n) is 10.5. The van der Waals surface area contributed by atoms with E-state index in [1.54, 1.807) is 23.0 Å². The molecule has 2 N–H and O–H groups in total. The highest BCUT2D eigenvalue weighted by Gasteiger charge is 2.17. The Morgan fingerprint density at radius 1 is 0.971 bits per heavy atom. The van der Waals surface area contributed by atoms with Crippen molar-refractivity contribution in [2.24, 2.45) is 5.10 Å². The summed E-state index contributed by atoms with van der Waals surface area (Å²) in [5.41, 5.74) is 5.84. The summed E-state index contributed by atoms with van der Waals surface area (Å²) in [6, 6.07) is 22.5. The molecule has 170 valence electrons. The van der Waals surface area contributed by atoms with Crippen LogP contribution in [0.3, 0.4) is 0 Å². The number of hydrogen-bond donors (Lipinski definition) is 2. The van der Waals surface area contributed by atoms with Crippen molar-refractivity contribution in [3.8, 4) is 5.69 Å². The van der Waals surface area contributed by atoms with E-state index in [4.69, 9.17) is 0 Å². The molecule has 6 aromatic rings. The Bertz CT molecular complexity index is 1710. The summed E-state index contributed by atoms with van der Waals surface area (Å²) < 4.78 is 3.06. The summed E-state index contributed by atoms with van der Waals surface area (Å²) >= 11 is 1.18. The number of hydrogen-bond acceptors (Lipinski definition) is 9. The molecule has 6 rings (SSSR count). The second-order valence-corrected chi connectivity index (χ2v) is 8.30. The summed E-state index contributed by atoms with van der Waals surface area (Å²) in [7, 11) is 0. The SMILES string of the molecule is O=c1c(/C=N/Nc2nc3ccccc3[nH]2)c(Sc2nnnn2-c2ccccc2)nc2ccccn12. The van der Waals surface area contributed by atoms with Crippen LogP contribution in [-0.2, 0) is 0 Å². The summed E-state index contributed by atoms with van der Waals surface area (Å²) in [6.07, 6.45) is 3.10. The summed E-state index contributed by atoms with van der Waals surface area (Å²) in [4.78, 5) is 25.6. The highest BCUT2D eigenvalue weighted by Crippen LogP contribution is 2.27. The van der Waals surface area contributed by atoms with E-state index in [0.717, 1.165) is 16.7 Å². The molecule has 4 heterocycles. The lowest BCUT2D eigenvalue weighted by Crippen LogP contribution is -2.21. The first kappa shape index (κ1) is 20.7. The van der Waals surface area contributed by atoms with Crippen molar-refractivity contribution in [1.29, 1.82) is 0 Å². The summed E-state index contributed by atoms with van der Waals surface area (Å²) in [5.74, 6) is 0.457. The smallest absolute Gasteiger partial charge is 0.267 e. The second kappa shape index (κ2) is 8.83. The van der Waals surface area contributed by atoms with Gasteiger partial charge in [-0.05, 0) is 58.6 Å². The second-order valence-electron chi connectivity index (χ2n) is 7.35. The van der Waals surface area contributed by atoms with Gasteiger partial charge in [0.05, 0.1) is 28.5 Å². The van der Waals surface area contributed by atoms with Crippen LogP contribution in [0.5, 0.6) is 0 Å². The molecule has 35 heavy (non-hydrogen) atoms. The quantitative estimate of drug-likeness (QED) is 0.211. The minimum atomic E-state index is -0.271. The van der Waals surface area contributed by atoms with Crippen molar-refractivity contribution in [3.05, 3.63) is 94.9 Å². The highest BCUT2D eigenvalue weighted by molar-refractivity contribution is 7.99. The molecule has 0 atom stereocenters. The summed E-state index contributed by atoms with van der Waals surface area (Å²) in [5, 5.41) is 17.2. The Morgan fingerprint density at radius 2 is 1.80 bits per heavy atom. The number of nitrogens with one attached hydrogen (secondary N) is 2. The summed E-state index contributed by atoms with van der Waals surface area (Å²) in [6.45, 7) is 0. The molecular weight excluding hydrogens is 464 g/mol. The Morgan fingerprint density at radius 3 is 2.69 bits per heavy atom. The van der Waals surface area contributed by atoms with Crippen LogP contribution in [-0.4, -0.2) is 45.8 Å². The predicted molar refractivity (Wildman–Crippen MR) is 132 cm³/mol. The van der Waals surface area contributed by atoms with E-state index in [-0.39, 0.29) is 11.1 Å². The Hall–Kier alpha value is -4.84. The van der Waals surface area contributed by atoms with E-state index < -0.39 is 0 Å². The van der Waals surface area contributed by atoms with Gasteiger partial charge >= 0.3 is 0 Å². The fraction of sp³-hybridized carbons (Fsp3) is 0. The number of tetrazole rings is 1. The lowest BCUT2D eigenvalue weighted by Gasteiger charge is -2.08. The van der Waals surface area contributed by atoms with Crippen molar-refractivity contribution in [1.82, 2.24) is 39.6 Å². The van der Waals surface area contributed by atoms with Crippen LogP contribution < -0.4 is 11.0 Å². The van der Waals surface area contributed by atoms with E-state index in [1.165, 1.54) is 22.4 Å². The van der Waals surface area contributed by atoms with Crippen molar-refractivity contribution in [2.75, 3.05) is 5.43 Å². The topological polar surface area (TPSA) is 131 Å². The largest absolute Gasteiger partial charge is 0.323 e. The number of fused-ring (bicyclic) bond motifs is 2. The van der Waals surface area contributed by atoms with E-state index in [1.807, 2.05) is 60.7 Å².